The van der Waals surface area contributed by atoms with Crippen LogP contribution in [0, 0.1) is 0 Å². The molecule has 0 aliphatic heterocycles. The molecule has 22 heavy (non-hydrogen) atoms. The highest BCUT2D eigenvalue weighted by molar-refractivity contribution is 7.86. The predicted octanol–water partition coefficient (Wildman–Crippen LogP) is 0.693. The minimum atomic E-state index is -6.09. The Balaban J connectivity index is 0.000000472. The van der Waals surface area contributed by atoms with Crippen molar-refractivity contribution in [2.24, 2.45) is 0 Å². The number of aromatic nitrogens is 1. The molecule has 0 spiro atoms. The van der Waals surface area contributed by atoms with Gasteiger partial charge in [0.25, 0.3) is 10.1 Å². The number of halogens is 3. The molecular weight excluding hydrogens is 351 g/mol. The number of nitrogens with zero attached hydrogens (tertiary/aromatic N) is 1. The van der Waals surface area contributed by atoms with Crippen LogP contribution in [0.2, 0.25) is 0 Å². The molecule has 0 saturated carbocycles. The van der Waals surface area contributed by atoms with Crippen LogP contribution in [0.25, 0.3) is 0 Å². The molecule has 0 saturated heterocycles. The van der Waals surface area contributed by atoms with Crippen LogP contribution in [0.5, 0.6) is 0 Å². The van der Waals surface area contributed by atoms with Crippen LogP contribution in [0.4, 0.5) is 13.2 Å². The molecule has 1 aromatic rings. The van der Waals surface area contributed by atoms with Crippen molar-refractivity contribution >= 4 is 20.2 Å². The molecule has 0 unspecified atom stereocenters. The van der Waals surface area contributed by atoms with E-state index in [-0.39, 0.29) is 5.75 Å². The van der Waals surface area contributed by atoms with Gasteiger partial charge in [0.05, 0.1) is 5.75 Å². The first kappa shape index (κ1) is 20.8. The number of rotatable bonds is 5. The van der Waals surface area contributed by atoms with E-state index in [1.807, 2.05) is 35.2 Å². The highest BCUT2D eigenvalue weighted by Gasteiger charge is 2.36. The second kappa shape index (κ2) is 8.41. The van der Waals surface area contributed by atoms with Crippen LogP contribution in [0.3, 0.4) is 0 Å². The van der Waals surface area contributed by atoms with Crippen LogP contribution in [-0.2, 0) is 26.8 Å². The quantitative estimate of drug-likeness (QED) is 0.355. The summed E-state index contributed by atoms with van der Waals surface area (Å²) in [4.78, 5) is 0. The molecule has 7 nitrogen and oxygen atoms in total. The van der Waals surface area contributed by atoms with Gasteiger partial charge in [-0.05, 0) is 6.42 Å². The lowest BCUT2D eigenvalue weighted by atomic mass is 10.3. The van der Waals surface area contributed by atoms with Crippen molar-refractivity contribution in [1.29, 1.82) is 0 Å². The van der Waals surface area contributed by atoms with Crippen LogP contribution in [0.15, 0.2) is 30.6 Å². The van der Waals surface area contributed by atoms with Gasteiger partial charge in [0.15, 0.2) is 22.5 Å². The van der Waals surface area contributed by atoms with Crippen molar-refractivity contribution < 1.29 is 43.7 Å². The molecule has 0 aliphatic rings. The molecule has 1 aromatic heterocycles. The molecule has 0 aliphatic carbocycles. The molecule has 12 heteroatoms. The Morgan fingerprint density at radius 3 is 1.82 bits per heavy atom. The zero-order valence-electron chi connectivity index (χ0n) is 11.1. The van der Waals surface area contributed by atoms with Gasteiger partial charge in [0.1, 0.15) is 6.54 Å². The third-order valence-electron chi connectivity index (χ3n) is 2.13. The van der Waals surface area contributed by atoms with Crippen LogP contribution < -0.4 is 4.57 Å². The van der Waals surface area contributed by atoms with E-state index < -0.39 is 25.7 Å². The highest BCUT2D eigenvalue weighted by atomic mass is 32.2. The molecular formula is C10H14F3NO6S2. The molecule has 0 amide bonds. The van der Waals surface area contributed by atoms with E-state index >= 15 is 0 Å². The van der Waals surface area contributed by atoms with Gasteiger partial charge in [-0.1, -0.05) is 6.07 Å². The van der Waals surface area contributed by atoms with Crippen molar-refractivity contribution in [3.8, 4) is 0 Å². The normalized spacial score (nSPS) is 12.4. The number of hydrogen-bond acceptors (Lipinski definition) is 5. The first-order valence-electron chi connectivity index (χ1n) is 5.74. The molecule has 1 heterocycles. The van der Waals surface area contributed by atoms with Gasteiger partial charge in [0.2, 0.25) is 0 Å². The first-order valence-corrected chi connectivity index (χ1v) is 8.76. The standard InChI is InChI=1S/C9H13NO3S.CHF3O3S/c11-14(12,13)9-5-4-8-10-6-2-1-3-7-10;2-1(3,4)8(5,6)7/h1-3,6-7H,4-5,8-9H2;(H,5,6,7). The van der Waals surface area contributed by atoms with Crippen LogP contribution in [0.1, 0.15) is 12.8 Å². The van der Waals surface area contributed by atoms with E-state index in [4.69, 9.17) is 17.5 Å². The minimum Gasteiger partial charge on any atom is -0.741 e. The lowest BCUT2D eigenvalue weighted by molar-refractivity contribution is -0.697. The fourth-order valence-corrected chi connectivity index (χ4v) is 1.73. The molecule has 0 radical (unpaired) electrons. The van der Waals surface area contributed by atoms with Gasteiger partial charge >= 0.3 is 5.51 Å². The fourth-order valence-electron chi connectivity index (χ4n) is 1.16. The van der Waals surface area contributed by atoms with E-state index in [9.17, 15) is 21.6 Å². The molecule has 0 aromatic carbocycles. The second-order valence-corrected chi connectivity index (χ2v) is 6.95. The van der Waals surface area contributed by atoms with Gasteiger partial charge in [-0.3, -0.25) is 4.55 Å². The molecule has 1 N–H and O–H groups in total. The average molecular weight is 365 g/mol. The van der Waals surface area contributed by atoms with Crippen molar-refractivity contribution in [2.75, 3.05) is 5.75 Å². The monoisotopic (exact) mass is 365 g/mol. The Morgan fingerprint density at radius 1 is 1.00 bits per heavy atom. The summed E-state index contributed by atoms with van der Waals surface area (Å²) in [7, 11) is -9.88. The topological polar surface area (TPSA) is 115 Å². The van der Waals surface area contributed by atoms with Crippen molar-refractivity contribution in [1.82, 2.24) is 0 Å². The van der Waals surface area contributed by atoms with Gasteiger partial charge in [-0.25, -0.2) is 13.0 Å². The van der Waals surface area contributed by atoms with Crippen LogP contribution >= 0.6 is 0 Å². The summed E-state index contributed by atoms with van der Waals surface area (Å²) in [5, 5.41) is 0. The molecule has 0 fully saturated rings. The van der Waals surface area contributed by atoms with Gasteiger partial charge in [0, 0.05) is 18.6 Å². The Morgan fingerprint density at radius 2 is 1.45 bits per heavy atom. The molecule has 0 bridgehead atoms. The summed E-state index contributed by atoms with van der Waals surface area (Å²) < 4.78 is 90.1. The largest absolute Gasteiger partial charge is 0.741 e. The molecule has 0 atom stereocenters. The predicted molar refractivity (Wildman–Crippen MR) is 68.0 cm³/mol. The third-order valence-corrected chi connectivity index (χ3v) is 3.50. The molecule has 128 valence electrons. The SMILES string of the molecule is O=S(=O)(O)CCCC[n+]1ccccc1.O=S(=O)([O-])C(F)(F)F. The van der Waals surface area contributed by atoms with E-state index in [1.165, 1.54) is 0 Å². The number of pyridine rings is 1. The maximum Gasteiger partial charge on any atom is 0.485 e. The smallest absolute Gasteiger partial charge is 0.485 e. The maximum absolute atomic E-state index is 10.7. The summed E-state index contributed by atoms with van der Waals surface area (Å²) in [6, 6.07) is 5.76. The number of alkyl halides is 3. The van der Waals surface area contributed by atoms with Gasteiger partial charge in [-0.15, -0.1) is 0 Å². The van der Waals surface area contributed by atoms with Crippen molar-refractivity contribution in [2.45, 2.75) is 24.9 Å². The van der Waals surface area contributed by atoms with E-state index in [0.717, 1.165) is 13.0 Å². The minimum absolute atomic E-state index is 0.152. The lowest BCUT2D eigenvalue weighted by Crippen LogP contribution is -2.32. The van der Waals surface area contributed by atoms with E-state index in [1.54, 1.807) is 0 Å². The number of unbranched alkanes of at least 4 members (excludes halogenated alkanes) is 1. The second-order valence-electron chi connectivity index (χ2n) is 4.01. The fraction of sp³-hybridized carbons (Fsp3) is 0.500. The third kappa shape index (κ3) is 10.5. The zero-order valence-corrected chi connectivity index (χ0v) is 12.7. The summed E-state index contributed by atoms with van der Waals surface area (Å²) in [5.74, 6) is -0.152. The lowest BCUT2D eigenvalue weighted by Gasteiger charge is -2.08. The Labute approximate surface area is 125 Å². The highest BCUT2D eigenvalue weighted by Crippen LogP contribution is 2.20. The number of hydrogen-bond donors (Lipinski definition) is 1. The van der Waals surface area contributed by atoms with Crippen molar-refractivity contribution in [3.63, 3.8) is 0 Å². The summed E-state index contributed by atoms with van der Waals surface area (Å²) >= 11 is 0. The van der Waals surface area contributed by atoms with E-state index in [0.29, 0.717) is 6.42 Å². The van der Waals surface area contributed by atoms with Gasteiger partial charge in [-0.2, -0.15) is 21.6 Å². The zero-order chi connectivity index (χ0) is 17.4. The Hall–Kier alpha value is -1.24. The van der Waals surface area contributed by atoms with Gasteiger partial charge < -0.3 is 4.55 Å². The van der Waals surface area contributed by atoms with Crippen molar-refractivity contribution in [3.05, 3.63) is 30.6 Å². The average Bonchev–Trinajstić information content (AvgIpc) is 2.33. The summed E-state index contributed by atoms with van der Waals surface area (Å²) in [5.41, 5.74) is -5.65. The summed E-state index contributed by atoms with van der Waals surface area (Å²) in [6.45, 7) is 0.774. The summed E-state index contributed by atoms with van der Waals surface area (Å²) in [6.07, 6.45) is 5.08. The first-order chi connectivity index (χ1) is 9.83. The van der Waals surface area contributed by atoms with Crippen LogP contribution in [-0.4, -0.2) is 37.2 Å². The maximum atomic E-state index is 10.7. The number of aryl methyl sites for hydroxylation is 1. The Bertz CT molecular complexity index is 643. The molecule has 1 rings (SSSR count). The Kier molecular flexibility index (Phi) is 7.93. The van der Waals surface area contributed by atoms with E-state index in [2.05, 4.69) is 0 Å².